The first-order chi connectivity index (χ1) is 10.8. The largest absolute Gasteiger partial charge is 0.348 e. The third-order valence-corrected chi connectivity index (χ3v) is 3.41. The molecule has 0 saturated heterocycles. The van der Waals surface area contributed by atoms with Gasteiger partial charge in [-0.3, -0.25) is 9.78 Å². The molecule has 3 aromatic rings. The number of aromatic nitrogens is 1. The molecule has 3 rings (SSSR count). The van der Waals surface area contributed by atoms with Gasteiger partial charge in [0.1, 0.15) is 0 Å². The lowest BCUT2D eigenvalue weighted by Crippen LogP contribution is -2.22. The molecule has 0 radical (unpaired) electrons. The first-order valence-corrected chi connectivity index (χ1v) is 7.15. The van der Waals surface area contributed by atoms with Gasteiger partial charge in [-0.2, -0.15) is 0 Å². The number of nitrogens with one attached hydrogen (secondary N) is 1. The second-order valence-corrected chi connectivity index (χ2v) is 4.99. The first-order valence-electron chi connectivity index (χ1n) is 7.15. The molecule has 22 heavy (non-hydrogen) atoms. The van der Waals surface area contributed by atoms with Crippen molar-refractivity contribution < 1.29 is 4.79 Å². The predicted octanol–water partition coefficient (Wildman–Crippen LogP) is 3.68. The molecule has 0 spiro atoms. The lowest BCUT2D eigenvalue weighted by molar-refractivity contribution is 0.0951. The van der Waals surface area contributed by atoms with Crippen molar-refractivity contribution in [2.24, 2.45) is 0 Å². The lowest BCUT2D eigenvalue weighted by atomic mass is 10.0. The van der Waals surface area contributed by atoms with Crippen LogP contribution >= 0.6 is 0 Å². The van der Waals surface area contributed by atoms with Crippen molar-refractivity contribution in [3.63, 3.8) is 0 Å². The minimum absolute atomic E-state index is 0.0818. The smallest absolute Gasteiger partial charge is 0.251 e. The highest BCUT2D eigenvalue weighted by Gasteiger charge is 2.06. The number of benzene rings is 2. The minimum atomic E-state index is -0.0818. The Morgan fingerprint density at radius 3 is 2.50 bits per heavy atom. The Hall–Kier alpha value is -2.94. The van der Waals surface area contributed by atoms with Gasteiger partial charge in [0.2, 0.25) is 0 Å². The summed E-state index contributed by atoms with van der Waals surface area (Å²) in [7, 11) is 0. The van der Waals surface area contributed by atoms with Crippen LogP contribution < -0.4 is 5.32 Å². The van der Waals surface area contributed by atoms with Crippen LogP contribution in [0.2, 0.25) is 0 Å². The Kier molecular flexibility index (Phi) is 4.25. The Morgan fingerprint density at radius 2 is 1.73 bits per heavy atom. The summed E-state index contributed by atoms with van der Waals surface area (Å²) in [6.45, 7) is 0.474. The van der Waals surface area contributed by atoms with Crippen molar-refractivity contribution >= 4 is 5.91 Å². The summed E-state index contributed by atoms with van der Waals surface area (Å²) in [5.74, 6) is -0.0818. The molecule has 0 aliphatic carbocycles. The van der Waals surface area contributed by atoms with Crippen LogP contribution in [0.25, 0.3) is 11.1 Å². The number of amides is 1. The fourth-order valence-electron chi connectivity index (χ4n) is 2.26. The van der Waals surface area contributed by atoms with Crippen LogP contribution in [-0.2, 0) is 6.54 Å². The second kappa shape index (κ2) is 6.68. The zero-order valence-corrected chi connectivity index (χ0v) is 12.1. The Labute approximate surface area is 129 Å². The Bertz CT molecular complexity index is 755. The van der Waals surface area contributed by atoms with E-state index >= 15 is 0 Å². The normalized spacial score (nSPS) is 10.2. The van der Waals surface area contributed by atoms with Gasteiger partial charge in [-0.15, -0.1) is 0 Å². The molecule has 0 aliphatic rings. The zero-order chi connectivity index (χ0) is 15.2. The molecule has 108 valence electrons. The highest BCUT2D eigenvalue weighted by atomic mass is 16.1. The SMILES string of the molecule is O=C(NCc1cccnc1)c1cccc(-c2ccccc2)c1. The van der Waals surface area contributed by atoms with Crippen LogP contribution in [0.3, 0.4) is 0 Å². The first kappa shape index (κ1) is 14.0. The maximum Gasteiger partial charge on any atom is 0.251 e. The van der Waals surface area contributed by atoms with Gasteiger partial charge < -0.3 is 5.32 Å². The fraction of sp³-hybridized carbons (Fsp3) is 0.0526. The van der Waals surface area contributed by atoms with Crippen LogP contribution in [0.5, 0.6) is 0 Å². The summed E-state index contributed by atoms with van der Waals surface area (Å²) in [5, 5.41) is 2.91. The minimum Gasteiger partial charge on any atom is -0.348 e. The van der Waals surface area contributed by atoms with Crippen LogP contribution in [0.1, 0.15) is 15.9 Å². The van der Waals surface area contributed by atoms with Crippen LogP contribution in [0, 0.1) is 0 Å². The average Bonchev–Trinajstić information content (AvgIpc) is 2.61. The quantitative estimate of drug-likeness (QED) is 0.795. The molecule has 0 saturated carbocycles. The van der Waals surface area contributed by atoms with E-state index in [2.05, 4.69) is 10.3 Å². The van der Waals surface area contributed by atoms with E-state index in [1.54, 1.807) is 12.4 Å². The zero-order valence-electron chi connectivity index (χ0n) is 12.1. The molecule has 0 unspecified atom stereocenters. The molecule has 0 atom stereocenters. The summed E-state index contributed by atoms with van der Waals surface area (Å²) < 4.78 is 0. The highest BCUT2D eigenvalue weighted by molar-refractivity contribution is 5.95. The molecule has 1 amide bonds. The van der Waals surface area contributed by atoms with E-state index in [9.17, 15) is 4.79 Å². The number of carbonyl (C=O) groups is 1. The predicted molar refractivity (Wildman–Crippen MR) is 87.3 cm³/mol. The van der Waals surface area contributed by atoms with Gasteiger partial charge in [-0.25, -0.2) is 0 Å². The van der Waals surface area contributed by atoms with Gasteiger partial charge in [0.25, 0.3) is 5.91 Å². The van der Waals surface area contributed by atoms with E-state index in [1.165, 1.54) is 0 Å². The molecular formula is C19H16N2O. The molecule has 3 nitrogen and oxygen atoms in total. The van der Waals surface area contributed by atoms with Crippen LogP contribution in [0.15, 0.2) is 79.1 Å². The van der Waals surface area contributed by atoms with E-state index in [0.29, 0.717) is 12.1 Å². The number of rotatable bonds is 4. The van der Waals surface area contributed by atoms with E-state index < -0.39 is 0 Å². The summed E-state index contributed by atoms with van der Waals surface area (Å²) in [5.41, 5.74) is 3.78. The molecule has 2 aromatic carbocycles. The summed E-state index contributed by atoms with van der Waals surface area (Å²) in [6, 6.07) is 21.5. The summed E-state index contributed by atoms with van der Waals surface area (Å²) in [4.78, 5) is 16.3. The van der Waals surface area contributed by atoms with Crippen LogP contribution in [-0.4, -0.2) is 10.9 Å². The van der Waals surface area contributed by atoms with Gasteiger partial charge in [-0.1, -0.05) is 48.5 Å². The highest BCUT2D eigenvalue weighted by Crippen LogP contribution is 2.19. The average molecular weight is 288 g/mol. The monoisotopic (exact) mass is 288 g/mol. The number of nitrogens with zero attached hydrogens (tertiary/aromatic N) is 1. The summed E-state index contributed by atoms with van der Waals surface area (Å²) >= 11 is 0. The Balaban J connectivity index is 1.73. The molecule has 0 fully saturated rings. The van der Waals surface area contributed by atoms with Gasteiger partial charge >= 0.3 is 0 Å². The maximum absolute atomic E-state index is 12.3. The van der Waals surface area contributed by atoms with E-state index in [0.717, 1.165) is 16.7 Å². The standard InChI is InChI=1S/C19H16N2O/c22-19(21-14-15-6-5-11-20-13-15)18-10-4-9-17(12-18)16-7-2-1-3-8-16/h1-13H,14H2,(H,21,22). The molecule has 1 heterocycles. The number of pyridine rings is 1. The molecule has 3 heteroatoms. The van der Waals surface area contributed by atoms with Crippen molar-refractivity contribution in [1.82, 2.24) is 10.3 Å². The lowest BCUT2D eigenvalue weighted by Gasteiger charge is -2.07. The third kappa shape index (κ3) is 3.38. The van der Waals surface area contributed by atoms with Crippen molar-refractivity contribution in [1.29, 1.82) is 0 Å². The molecule has 1 N–H and O–H groups in total. The van der Waals surface area contributed by atoms with Crippen molar-refractivity contribution in [3.05, 3.63) is 90.3 Å². The van der Waals surface area contributed by atoms with Gasteiger partial charge in [0, 0.05) is 24.5 Å². The molecule has 1 aromatic heterocycles. The number of hydrogen-bond donors (Lipinski definition) is 1. The molecular weight excluding hydrogens is 272 g/mol. The van der Waals surface area contributed by atoms with Crippen molar-refractivity contribution in [2.45, 2.75) is 6.54 Å². The van der Waals surface area contributed by atoms with Crippen LogP contribution in [0.4, 0.5) is 0 Å². The van der Waals surface area contributed by atoms with E-state index in [1.807, 2.05) is 66.7 Å². The van der Waals surface area contributed by atoms with E-state index in [-0.39, 0.29) is 5.91 Å². The second-order valence-electron chi connectivity index (χ2n) is 4.99. The van der Waals surface area contributed by atoms with Gasteiger partial charge in [0.05, 0.1) is 0 Å². The molecule has 0 aliphatic heterocycles. The summed E-state index contributed by atoms with van der Waals surface area (Å²) in [6.07, 6.45) is 3.47. The topological polar surface area (TPSA) is 42.0 Å². The van der Waals surface area contributed by atoms with Crippen molar-refractivity contribution in [3.8, 4) is 11.1 Å². The fourth-order valence-corrected chi connectivity index (χ4v) is 2.26. The Morgan fingerprint density at radius 1 is 0.909 bits per heavy atom. The number of carbonyl (C=O) groups excluding carboxylic acids is 1. The van der Waals surface area contributed by atoms with Crippen molar-refractivity contribution in [2.75, 3.05) is 0 Å². The van der Waals surface area contributed by atoms with Gasteiger partial charge in [0.15, 0.2) is 0 Å². The number of hydrogen-bond acceptors (Lipinski definition) is 2. The maximum atomic E-state index is 12.3. The third-order valence-electron chi connectivity index (χ3n) is 3.41. The van der Waals surface area contributed by atoms with Gasteiger partial charge in [-0.05, 0) is 34.9 Å². The molecule has 0 bridgehead atoms. The van der Waals surface area contributed by atoms with E-state index in [4.69, 9.17) is 0 Å².